The molecular weight excluding hydrogens is 672 g/mol. The smallest absolute Gasteiger partial charge is 0.343 e. The molecule has 1 aliphatic carbocycles. The second-order valence-corrected chi connectivity index (χ2v) is 13.2. The van der Waals surface area contributed by atoms with E-state index in [9.17, 15) is 14.4 Å². The summed E-state index contributed by atoms with van der Waals surface area (Å²) in [4.78, 5) is 46.7. The molecule has 1 aliphatic rings. The average Bonchev–Trinajstić information content (AvgIpc) is 3.19. The van der Waals surface area contributed by atoms with E-state index in [1.165, 1.54) is 12.6 Å². The van der Waals surface area contributed by atoms with Gasteiger partial charge in [-0.1, -0.05) is 38.5 Å². The van der Waals surface area contributed by atoms with E-state index in [2.05, 4.69) is 28.6 Å². The van der Waals surface area contributed by atoms with E-state index < -0.39 is 11.9 Å². The first kappa shape index (κ1) is 38.6. The van der Waals surface area contributed by atoms with Crippen molar-refractivity contribution >= 4 is 41.0 Å². The molecule has 11 nitrogen and oxygen atoms in total. The summed E-state index contributed by atoms with van der Waals surface area (Å²) < 4.78 is 22.5. The molecule has 0 amide bonds. The molecule has 5 rings (SSSR count). The minimum absolute atomic E-state index is 0.136. The van der Waals surface area contributed by atoms with Gasteiger partial charge in [0.15, 0.2) is 5.82 Å². The molecule has 0 aliphatic heterocycles. The summed E-state index contributed by atoms with van der Waals surface area (Å²) in [6, 6.07) is 19.2. The van der Waals surface area contributed by atoms with Crippen molar-refractivity contribution in [1.29, 1.82) is 0 Å². The highest BCUT2D eigenvalue weighted by Crippen LogP contribution is 2.33. The standard InChI is InChI=1S/C42H48N4O7/c1-4-12-30-15-17-31(18-16-30)41(48)52-35-23-24-38(33(27-35)28-44-46(3)39-29-43-36-13-8-9-14-37(36)45-39)53-42(49)32-19-21-34(22-20-32)50-25-10-6-7-11-26-51-40(47)5-2/h5,8-9,13-14,19-24,27-31H,2,4,6-7,10-12,15-18,25-26H2,1,3H3/b44-28+. The summed E-state index contributed by atoms with van der Waals surface area (Å²) in [5.41, 5.74) is 2.28. The largest absolute Gasteiger partial charge is 0.494 e. The first-order valence-electron chi connectivity index (χ1n) is 18.4. The Labute approximate surface area is 311 Å². The highest BCUT2D eigenvalue weighted by atomic mass is 16.5. The average molecular weight is 721 g/mol. The van der Waals surface area contributed by atoms with Crippen LogP contribution in [0.15, 0.2) is 90.7 Å². The molecule has 0 N–H and O–H groups in total. The molecule has 0 spiro atoms. The van der Waals surface area contributed by atoms with Crippen LogP contribution in [0.5, 0.6) is 17.2 Å². The quantitative estimate of drug-likeness (QED) is 0.0246. The van der Waals surface area contributed by atoms with Crippen molar-refractivity contribution in [2.75, 3.05) is 25.3 Å². The highest BCUT2D eigenvalue weighted by molar-refractivity contribution is 5.93. The number of hydrazone groups is 1. The molecule has 3 aromatic carbocycles. The molecule has 0 bridgehead atoms. The number of hydrogen-bond acceptors (Lipinski definition) is 11. The minimum Gasteiger partial charge on any atom is -0.494 e. The van der Waals surface area contributed by atoms with Crippen molar-refractivity contribution in [3.05, 3.63) is 96.7 Å². The number of ether oxygens (including phenoxy) is 4. The van der Waals surface area contributed by atoms with Crippen LogP contribution in [-0.4, -0.2) is 54.4 Å². The fourth-order valence-corrected chi connectivity index (χ4v) is 6.22. The maximum absolute atomic E-state index is 13.3. The van der Waals surface area contributed by atoms with Crippen LogP contribution in [0, 0.1) is 11.8 Å². The summed E-state index contributed by atoms with van der Waals surface area (Å²) in [5.74, 6) is 1.08. The number of para-hydroxylation sites is 2. The molecular formula is C42H48N4O7. The van der Waals surface area contributed by atoms with E-state index in [1.807, 2.05) is 24.3 Å². The molecule has 53 heavy (non-hydrogen) atoms. The number of anilines is 1. The lowest BCUT2D eigenvalue weighted by atomic mass is 9.80. The number of aromatic nitrogens is 2. The van der Waals surface area contributed by atoms with Crippen LogP contribution >= 0.6 is 0 Å². The number of carbonyl (C=O) groups is 3. The Hall–Kier alpha value is -5.58. The summed E-state index contributed by atoms with van der Waals surface area (Å²) in [6.07, 6.45) is 13.9. The number of carbonyl (C=O) groups excluding carboxylic acids is 3. The molecule has 0 radical (unpaired) electrons. The summed E-state index contributed by atoms with van der Waals surface area (Å²) in [5, 5.41) is 6.13. The zero-order valence-electron chi connectivity index (χ0n) is 30.6. The fourth-order valence-electron chi connectivity index (χ4n) is 6.22. The third-order valence-electron chi connectivity index (χ3n) is 9.23. The van der Waals surface area contributed by atoms with Crippen LogP contribution in [-0.2, 0) is 14.3 Å². The van der Waals surface area contributed by atoms with E-state index in [-0.39, 0.29) is 17.6 Å². The van der Waals surface area contributed by atoms with Crippen LogP contribution in [0.3, 0.4) is 0 Å². The van der Waals surface area contributed by atoms with Gasteiger partial charge in [-0.3, -0.25) is 9.78 Å². The second-order valence-electron chi connectivity index (χ2n) is 13.2. The molecule has 0 saturated heterocycles. The van der Waals surface area contributed by atoms with Crippen LogP contribution in [0.2, 0.25) is 0 Å². The van der Waals surface area contributed by atoms with Gasteiger partial charge >= 0.3 is 17.9 Å². The number of fused-ring (bicyclic) bond motifs is 1. The van der Waals surface area contributed by atoms with Gasteiger partial charge in [0.1, 0.15) is 17.2 Å². The topological polar surface area (TPSA) is 130 Å². The van der Waals surface area contributed by atoms with Crippen molar-refractivity contribution in [1.82, 2.24) is 9.97 Å². The molecule has 1 fully saturated rings. The van der Waals surface area contributed by atoms with Gasteiger partial charge in [0, 0.05) is 18.7 Å². The first-order valence-corrected chi connectivity index (χ1v) is 18.4. The Morgan fingerprint density at radius 1 is 0.887 bits per heavy atom. The molecule has 1 heterocycles. The van der Waals surface area contributed by atoms with Gasteiger partial charge in [0.25, 0.3) is 0 Å². The molecule has 4 aromatic rings. The Balaban J connectivity index is 1.22. The zero-order chi connectivity index (χ0) is 37.4. The van der Waals surface area contributed by atoms with E-state index in [0.29, 0.717) is 47.6 Å². The van der Waals surface area contributed by atoms with Crippen molar-refractivity contribution in [2.45, 2.75) is 71.1 Å². The van der Waals surface area contributed by atoms with E-state index in [4.69, 9.17) is 18.9 Å². The number of esters is 3. The molecule has 1 saturated carbocycles. The molecule has 278 valence electrons. The van der Waals surface area contributed by atoms with Crippen LogP contribution in [0.4, 0.5) is 5.82 Å². The van der Waals surface area contributed by atoms with Gasteiger partial charge in [-0.05, 0) is 112 Å². The van der Waals surface area contributed by atoms with Crippen LogP contribution in [0.25, 0.3) is 11.0 Å². The zero-order valence-corrected chi connectivity index (χ0v) is 30.6. The van der Waals surface area contributed by atoms with Gasteiger partial charge < -0.3 is 18.9 Å². The van der Waals surface area contributed by atoms with Gasteiger partial charge in [-0.2, -0.15) is 5.10 Å². The number of hydrogen-bond donors (Lipinski definition) is 0. The lowest BCUT2D eigenvalue weighted by Gasteiger charge is -2.26. The number of benzene rings is 3. The Bertz CT molecular complexity index is 1870. The van der Waals surface area contributed by atoms with Crippen molar-refractivity contribution in [3.63, 3.8) is 0 Å². The number of nitrogens with zero attached hydrogens (tertiary/aromatic N) is 4. The third kappa shape index (κ3) is 11.7. The molecule has 11 heteroatoms. The monoisotopic (exact) mass is 720 g/mol. The molecule has 0 unspecified atom stereocenters. The fraction of sp³-hybridized carbons (Fsp3) is 0.381. The minimum atomic E-state index is -0.564. The maximum atomic E-state index is 13.3. The Kier molecular flexibility index (Phi) is 14.5. The normalized spacial score (nSPS) is 15.5. The van der Waals surface area contributed by atoms with Gasteiger partial charge in [0.05, 0.1) is 48.1 Å². The Morgan fingerprint density at radius 2 is 1.60 bits per heavy atom. The Morgan fingerprint density at radius 3 is 2.34 bits per heavy atom. The highest BCUT2D eigenvalue weighted by Gasteiger charge is 2.27. The van der Waals surface area contributed by atoms with Crippen LogP contribution in [0.1, 0.15) is 87.1 Å². The van der Waals surface area contributed by atoms with Crippen molar-refractivity contribution in [2.24, 2.45) is 16.9 Å². The van der Waals surface area contributed by atoms with Gasteiger partial charge in [0.2, 0.25) is 0 Å². The van der Waals surface area contributed by atoms with Gasteiger partial charge in [-0.25, -0.2) is 19.6 Å². The third-order valence-corrected chi connectivity index (χ3v) is 9.23. The second kappa shape index (κ2) is 19.9. The molecule has 0 atom stereocenters. The van der Waals surface area contributed by atoms with Crippen LogP contribution < -0.4 is 19.2 Å². The summed E-state index contributed by atoms with van der Waals surface area (Å²) in [7, 11) is 1.74. The van der Waals surface area contributed by atoms with E-state index in [1.54, 1.807) is 60.7 Å². The maximum Gasteiger partial charge on any atom is 0.343 e. The van der Waals surface area contributed by atoms with Crippen molar-refractivity contribution in [3.8, 4) is 17.2 Å². The summed E-state index contributed by atoms with van der Waals surface area (Å²) >= 11 is 0. The number of rotatable bonds is 18. The first-order chi connectivity index (χ1) is 25.8. The van der Waals surface area contributed by atoms with E-state index >= 15 is 0 Å². The molecule has 1 aromatic heterocycles. The van der Waals surface area contributed by atoms with Crippen molar-refractivity contribution < 1.29 is 33.3 Å². The predicted molar refractivity (Wildman–Crippen MR) is 204 cm³/mol. The predicted octanol–water partition coefficient (Wildman–Crippen LogP) is 8.50. The lowest BCUT2D eigenvalue weighted by Crippen LogP contribution is -2.25. The lowest BCUT2D eigenvalue weighted by molar-refractivity contribution is -0.140. The van der Waals surface area contributed by atoms with Gasteiger partial charge in [-0.15, -0.1) is 0 Å². The SMILES string of the molecule is C=CC(=O)OCCCCCCOc1ccc(C(=O)Oc2ccc(OC(=O)C3CCC(CCC)CC3)cc2/C=N/N(C)c2cnc3ccccc3n2)cc1. The van der Waals surface area contributed by atoms with E-state index in [0.717, 1.165) is 74.9 Å². The summed E-state index contributed by atoms with van der Waals surface area (Å²) in [6.45, 7) is 6.48. The number of unbranched alkanes of at least 4 members (excludes halogenated alkanes) is 3.